The second-order valence-electron chi connectivity index (χ2n) is 3.19. The Bertz CT molecular complexity index is 568. The molecule has 17 heavy (non-hydrogen) atoms. The molecule has 0 unspecified atom stereocenters. The zero-order chi connectivity index (χ0) is 12.4. The molecule has 0 saturated heterocycles. The quantitative estimate of drug-likeness (QED) is 0.800. The maximum Gasteiger partial charge on any atom is 0.360 e. The Morgan fingerprint density at radius 2 is 2.24 bits per heavy atom. The summed E-state index contributed by atoms with van der Waals surface area (Å²) in [6, 6.07) is 5.53. The summed E-state index contributed by atoms with van der Waals surface area (Å²) in [5, 5.41) is 3.54. The summed E-state index contributed by atoms with van der Waals surface area (Å²) in [6.07, 6.45) is 0. The number of carbonyl (C=O) groups excluding carboxylic acids is 1. The number of carbonyl (C=O) groups is 1. The fourth-order valence-corrected chi connectivity index (χ4v) is 1.73. The molecule has 2 rings (SSSR count). The molecule has 0 radical (unpaired) electrons. The molecule has 0 amide bonds. The normalized spacial score (nSPS) is 10.3. The Balaban J connectivity index is 2.43. The molecule has 0 aliphatic rings. The lowest BCUT2D eigenvalue weighted by atomic mass is 10.1. The second kappa shape index (κ2) is 4.67. The van der Waals surface area contributed by atoms with Crippen molar-refractivity contribution >= 4 is 21.9 Å². The molecule has 2 aromatic rings. The molecule has 1 heterocycles. The van der Waals surface area contributed by atoms with E-state index >= 15 is 0 Å². The van der Waals surface area contributed by atoms with Crippen LogP contribution in [0.15, 0.2) is 33.3 Å². The molecule has 0 saturated carbocycles. The fourth-order valence-electron chi connectivity index (χ4n) is 1.29. The first-order valence-corrected chi connectivity index (χ1v) is 5.41. The van der Waals surface area contributed by atoms with Crippen LogP contribution < -0.4 is 0 Å². The summed E-state index contributed by atoms with van der Waals surface area (Å²) in [4.78, 5) is 11.2. The van der Waals surface area contributed by atoms with Gasteiger partial charge in [-0.25, -0.2) is 9.18 Å². The van der Waals surface area contributed by atoms with E-state index in [0.717, 1.165) is 0 Å². The molecular formula is C11H7BrFNO3. The van der Waals surface area contributed by atoms with Gasteiger partial charge in [0, 0.05) is 16.1 Å². The highest BCUT2D eigenvalue weighted by Gasteiger charge is 2.15. The van der Waals surface area contributed by atoms with Crippen molar-refractivity contribution in [1.29, 1.82) is 0 Å². The molecule has 1 aromatic heterocycles. The van der Waals surface area contributed by atoms with Gasteiger partial charge < -0.3 is 9.26 Å². The molecule has 0 bridgehead atoms. The maximum atomic E-state index is 13.1. The van der Waals surface area contributed by atoms with Crippen molar-refractivity contribution in [3.8, 4) is 11.3 Å². The van der Waals surface area contributed by atoms with E-state index in [1.165, 1.54) is 25.3 Å². The number of hydrogen-bond donors (Lipinski definition) is 0. The van der Waals surface area contributed by atoms with Gasteiger partial charge in [-0.05, 0) is 18.2 Å². The first-order chi connectivity index (χ1) is 8.11. The lowest BCUT2D eigenvalue weighted by molar-refractivity contribution is 0.0589. The molecule has 0 atom stereocenters. The van der Waals surface area contributed by atoms with E-state index in [1.54, 1.807) is 6.07 Å². The topological polar surface area (TPSA) is 52.3 Å². The Kier molecular flexibility index (Phi) is 3.23. The largest absolute Gasteiger partial charge is 0.464 e. The summed E-state index contributed by atoms with van der Waals surface area (Å²) in [6.45, 7) is 0. The zero-order valence-electron chi connectivity index (χ0n) is 8.74. The highest BCUT2D eigenvalue weighted by Crippen LogP contribution is 2.29. The van der Waals surface area contributed by atoms with Crippen LogP contribution in [0.5, 0.6) is 0 Å². The van der Waals surface area contributed by atoms with Gasteiger partial charge >= 0.3 is 5.97 Å². The van der Waals surface area contributed by atoms with Crippen molar-refractivity contribution in [3.63, 3.8) is 0 Å². The summed E-state index contributed by atoms with van der Waals surface area (Å²) in [7, 11) is 1.24. The van der Waals surface area contributed by atoms with Crippen LogP contribution in [0.25, 0.3) is 11.3 Å². The molecule has 0 N–H and O–H groups in total. The number of benzene rings is 1. The lowest BCUT2D eigenvalue weighted by Gasteiger charge is -1.98. The van der Waals surface area contributed by atoms with Gasteiger partial charge in [0.05, 0.1) is 7.11 Å². The average Bonchev–Trinajstić information content (AvgIpc) is 2.80. The first-order valence-electron chi connectivity index (χ1n) is 4.62. The summed E-state index contributed by atoms with van der Waals surface area (Å²) < 4.78 is 23.2. The van der Waals surface area contributed by atoms with Gasteiger partial charge in [-0.2, -0.15) is 0 Å². The SMILES string of the molecule is COC(=O)c1cc(-c2cc(F)ccc2Br)on1. The van der Waals surface area contributed by atoms with Crippen molar-refractivity contribution in [2.75, 3.05) is 7.11 Å². The molecule has 0 fully saturated rings. The Morgan fingerprint density at radius 3 is 2.94 bits per heavy atom. The number of ether oxygens (including phenoxy) is 1. The van der Waals surface area contributed by atoms with Crippen LogP contribution >= 0.6 is 15.9 Å². The minimum absolute atomic E-state index is 0.0404. The minimum Gasteiger partial charge on any atom is -0.464 e. The number of esters is 1. The third kappa shape index (κ3) is 2.36. The van der Waals surface area contributed by atoms with Gasteiger partial charge in [0.1, 0.15) is 5.82 Å². The predicted molar refractivity (Wildman–Crippen MR) is 60.9 cm³/mol. The monoisotopic (exact) mass is 299 g/mol. The lowest BCUT2D eigenvalue weighted by Crippen LogP contribution is -2.00. The number of methoxy groups -OCH3 is 1. The van der Waals surface area contributed by atoms with Gasteiger partial charge in [0.15, 0.2) is 11.5 Å². The maximum absolute atomic E-state index is 13.1. The summed E-state index contributed by atoms with van der Waals surface area (Å²) in [5.41, 5.74) is 0.520. The number of hydrogen-bond acceptors (Lipinski definition) is 4. The molecule has 1 aromatic carbocycles. The molecule has 88 valence electrons. The van der Waals surface area contributed by atoms with Crippen LogP contribution in [-0.4, -0.2) is 18.2 Å². The number of rotatable bonds is 2. The first kappa shape index (κ1) is 11.8. The van der Waals surface area contributed by atoms with E-state index in [2.05, 4.69) is 25.8 Å². The smallest absolute Gasteiger partial charge is 0.360 e. The van der Waals surface area contributed by atoms with Crippen LogP contribution in [0, 0.1) is 5.82 Å². The van der Waals surface area contributed by atoms with Gasteiger partial charge in [-0.1, -0.05) is 21.1 Å². The van der Waals surface area contributed by atoms with E-state index < -0.39 is 11.8 Å². The molecule has 0 aliphatic carbocycles. The zero-order valence-corrected chi connectivity index (χ0v) is 10.3. The van der Waals surface area contributed by atoms with Crippen LogP contribution in [0.3, 0.4) is 0 Å². The van der Waals surface area contributed by atoms with E-state index in [9.17, 15) is 9.18 Å². The van der Waals surface area contributed by atoms with Crippen molar-refractivity contribution in [2.24, 2.45) is 0 Å². The predicted octanol–water partition coefficient (Wildman–Crippen LogP) is 3.03. The minimum atomic E-state index is -0.604. The molecule has 4 nitrogen and oxygen atoms in total. The highest BCUT2D eigenvalue weighted by molar-refractivity contribution is 9.10. The van der Waals surface area contributed by atoms with Gasteiger partial charge in [0.25, 0.3) is 0 Å². The van der Waals surface area contributed by atoms with Crippen molar-refractivity contribution in [3.05, 3.63) is 40.2 Å². The Morgan fingerprint density at radius 1 is 1.47 bits per heavy atom. The van der Waals surface area contributed by atoms with Gasteiger partial charge in [0.2, 0.25) is 0 Å². The van der Waals surface area contributed by atoms with E-state index in [1.807, 2.05) is 0 Å². The van der Waals surface area contributed by atoms with Crippen molar-refractivity contribution in [2.45, 2.75) is 0 Å². The van der Waals surface area contributed by atoms with Crippen molar-refractivity contribution < 1.29 is 18.4 Å². The standard InChI is InChI=1S/C11H7BrFNO3/c1-16-11(15)9-5-10(17-14-9)7-4-6(13)2-3-8(7)12/h2-5H,1H3. The van der Waals surface area contributed by atoms with Crippen LogP contribution in [0.4, 0.5) is 4.39 Å². The van der Waals surface area contributed by atoms with Crippen molar-refractivity contribution in [1.82, 2.24) is 5.16 Å². The molecular weight excluding hydrogens is 293 g/mol. The van der Waals surface area contributed by atoms with E-state index in [-0.39, 0.29) is 11.5 Å². The van der Waals surface area contributed by atoms with Crippen LogP contribution in [0.2, 0.25) is 0 Å². The number of aromatic nitrogens is 1. The van der Waals surface area contributed by atoms with E-state index in [0.29, 0.717) is 10.0 Å². The molecule has 0 spiro atoms. The Hall–Kier alpha value is -1.69. The van der Waals surface area contributed by atoms with Crippen LogP contribution in [0.1, 0.15) is 10.5 Å². The number of nitrogens with zero attached hydrogens (tertiary/aromatic N) is 1. The van der Waals surface area contributed by atoms with E-state index in [4.69, 9.17) is 4.52 Å². The number of halogens is 2. The highest BCUT2D eigenvalue weighted by atomic mass is 79.9. The van der Waals surface area contributed by atoms with Gasteiger partial charge in [-0.15, -0.1) is 0 Å². The molecule has 6 heteroatoms. The summed E-state index contributed by atoms with van der Waals surface area (Å²) >= 11 is 3.26. The fraction of sp³-hybridized carbons (Fsp3) is 0.0909. The van der Waals surface area contributed by atoms with Crippen LogP contribution in [-0.2, 0) is 4.74 Å². The second-order valence-corrected chi connectivity index (χ2v) is 4.05. The summed E-state index contributed by atoms with van der Waals surface area (Å²) in [5.74, 6) is -0.719. The third-order valence-corrected chi connectivity index (χ3v) is 2.79. The third-order valence-electron chi connectivity index (χ3n) is 2.10. The Labute approximate surface area is 104 Å². The van der Waals surface area contributed by atoms with Gasteiger partial charge in [-0.3, -0.25) is 0 Å². The molecule has 0 aliphatic heterocycles. The average molecular weight is 300 g/mol.